The van der Waals surface area contributed by atoms with E-state index in [1.807, 2.05) is 0 Å². The molecule has 27 heavy (non-hydrogen) atoms. The van der Waals surface area contributed by atoms with Gasteiger partial charge in [0, 0.05) is 13.0 Å². The predicted molar refractivity (Wildman–Crippen MR) is 118 cm³/mol. The molecule has 0 aromatic rings. The molecule has 0 amide bonds. The van der Waals surface area contributed by atoms with E-state index in [-0.39, 0.29) is 0 Å². The molecular weight excluding hydrogens is 336 g/mol. The molecule has 0 saturated carbocycles. The van der Waals surface area contributed by atoms with Crippen LogP contribution in [0.3, 0.4) is 0 Å². The molecule has 0 spiro atoms. The number of aliphatic hydroxyl groups is 1. The Balaban J connectivity index is 0. The first-order valence-corrected chi connectivity index (χ1v) is 12.0. The third-order valence-electron chi connectivity index (χ3n) is 5.01. The van der Waals surface area contributed by atoms with Gasteiger partial charge in [-0.05, 0) is 12.8 Å². The van der Waals surface area contributed by atoms with Crippen LogP contribution in [0.15, 0.2) is 0 Å². The molecule has 0 aliphatic rings. The predicted octanol–water partition coefficient (Wildman–Crippen LogP) is 7.89. The molecule has 0 fully saturated rings. The molecule has 0 heterocycles. The molecule has 0 unspecified atom stereocenters. The highest BCUT2D eigenvalue weighted by atomic mass is 16.4. The van der Waals surface area contributed by atoms with Gasteiger partial charge < -0.3 is 10.2 Å². The lowest BCUT2D eigenvalue weighted by atomic mass is 10.1. The first-order valence-electron chi connectivity index (χ1n) is 12.0. The number of hydrogen-bond acceptors (Lipinski definition) is 2. The van der Waals surface area contributed by atoms with Crippen molar-refractivity contribution in [3.63, 3.8) is 0 Å². The van der Waals surface area contributed by atoms with Gasteiger partial charge >= 0.3 is 5.97 Å². The second kappa shape index (κ2) is 27.6. The Morgan fingerprint density at radius 1 is 0.519 bits per heavy atom. The quantitative estimate of drug-likeness (QED) is 0.209. The Morgan fingerprint density at radius 2 is 0.815 bits per heavy atom. The van der Waals surface area contributed by atoms with Gasteiger partial charge in [-0.15, -0.1) is 0 Å². The van der Waals surface area contributed by atoms with Crippen molar-refractivity contribution in [3.8, 4) is 0 Å². The van der Waals surface area contributed by atoms with Crippen LogP contribution in [0.4, 0.5) is 0 Å². The lowest BCUT2D eigenvalue weighted by Crippen LogP contribution is -1.93. The van der Waals surface area contributed by atoms with Crippen molar-refractivity contribution in [1.29, 1.82) is 0 Å². The van der Waals surface area contributed by atoms with Crippen molar-refractivity contribution in [2.45, 2.75) is 142 Å². The standard InChI is InChI=1S/C12H24O2.C12H26O/c1-2-3-4-5-6-7-8-9-10-11-12(13)14;1-2-3-4-5-6-7-8-9-10-11-12-13/h2-11H2,1H3,(H,13,14);13H,2-12H2,1H3. The Bertz CT molecular complexity index is 256. The second-order valence-electron chi connectivity index (χ2n) is 7.88. The van der Waals surface area contributed by atoms with Gasteiger partial charge in [0.25, 0.3) is 0 Å². The summed E-state index contributed by atoms with van der Waals surface area (Å²) in [5.41, 5.74) is 0. The first kappa shape index (κ1) is 28.6. The topological polar surface area (TPSA) is 57.5 Å². The van der Waals surface area contributed by atoms with E-state index in [1.165, 1.54) is 103 Å². The summed E-state index contributed by atoms with van der Waals surface area (Å²) in [6, 6.07) is 0. The molecule has 0 aromatic heterocycles. The van der Waals surface area contributed by atoms with Crippen LogP contribution in [0.5, 0.6) is 0 Å². The van der Waals surface area contributed by atoms with Gasteiger partial charge in [0.05, 0.1) is 0 Å². The fraction of sp³-hybridized carbons (Fsp3) is 0.958. The van der Waals surface area contributed by atoms with Gasteiger partial charge in [-0.3, -0.25) is 4.79 Å². The molecule has 0 saturated heterocycles. The van der Waals surface area contributed by atoms with Gasteiger partial charge in [-0.2, -0.15) is 0 Å². The molecule has 0 bridgehead atoms. The van der Waals surface area contributed by atoms with Crippen LogP contribution in [0.25, 0.3) is 0 Å². The maximum Gasteiger partial charge on any atom is 0.303 e. The summed E-state index contributed by atoms with van der Waals surface area (Å²) in [5, 5.41) is 17.0. The van der Waals surface area contributed by atoms with E-state index in [4.69, 9.17) is 10.2 Å². The molecule has 0 atom stereocenters. The van der Waals surface area contributed by atoms with Gasteiger partial charge in [-0.1, -0.05) is 123 Å². The van der Waals surface area contributed by atoms with Gasteiger partial charge in [0.1, 0.15) is 0 Å². The van der Waals surface area contributed by atoms with Gasteiger partial charge in [0.15, 0.2) is 0 Å². The smallest absolute Gasteiger partial charge is 0.303 e. The molecule has 3 heteroatoms. The van der Waals surface area contributed by atoms with Crippen LogP contribution < -0.4 is 0 Å². The average molecular weight is 387 g/mol. The summed E-state index contributed by atoms with van der Waals surface area (Å²) in [5.74, 6) is -0.659. The zero-order valence-electron chi connectivity index (χ0n) is 18.7. The minimum Gasteiger partial charge on any atom is -0.481 e. The molecule has 164 valence electrons. The van der Waals surface area contributed by atoms with E-state index in [9.17, 15) is 4.79 Å². The lowest BCUT2D eigenvalue weighted by Gasteiger charge is -2.00. The summed E-state index contributed by atoms with van der Waals surface area (Å²) in [4.78, 5) is 10.2. The summed E-state index contributed by atoms with van der Waals surface area (Å²) < 4.78 is 0. The van der Waals surface area contributed by atoms with Crippen molar-refractivity contribution >= 4 is 5.97 Å². The highest BCUT2D eigenvalue weighted by Gasteiger charge is 1.96. The molecule has 0 aliphatic heterocycles. The maximum absolute atomic E-state index is 10.2. The zero-order chi connectivity index (χ0) is 20.4. The number of hydrogen-bond donors (Lipinski definition) is 2. The largest absolute Gasteiger partial charge is 0.481 e. The number of rotatable bonds is 20. The number of aliphatic hydroxyl groups excluding tert-OH is 1. The van der Waals surface area contributed by atoms with Crippen LogP contribution in [0.2, 0.25) is 0 Å². The van der Waals surface area contributed by atoms with Crippen LogP contribution in [-0.2, 0) is 4.79 Å². The normalized spacial score (nSPS) is 10.5. The van der Waals surface area contributed by atoms with Crippen molar-refractivity contribution in [2.24, 2.45) is 0 Å². The molecule has 0 aromatic carbocycles. The fourth-order valence-electron chi connectivity index (χ4n) is 3.19. The Labute approximate surface area is 170 Å². The number of carboxylic acids is 1. The fourth-order valence-corrected chi connectivity index (χ4v) is 3.19. The SMILES string of the molecule is CCCCCCCCCCCC(=O)O.CCCCCCCCCCCCO. The Kier molecular flexibility index (Phi) is 29.3. The number of carbonyl (C=O) groups is 1. The van der Waals surface area contributed by atoms with Crippen molar-refractivity contribution in [3.05, 3.63) is 0 Å². The summed E-state index contributed by atoms with van der Waals surface area (Å²) in [6.07, 6.45) is 24.8. The van der Waals surface area contributed by atoms with Crippen LogP contribution in [0.1, 0.15) is 142 Å². The third kappa shape index (κ3) is 33.4. The minimum absolute atomic E-state index is 0.343. The summed E-state index contributed by atoms with van der Waals surface area (Å²) in [7, 11) is 0. The van der Waals surface area contributed by atoms with Gasteiger partial charge in [0.2, 0.25) is 0 Å². The average Bonchev–Trinajstić information content (AvgIpc) is 2.66. The molecular formula is C24H50O3. The van der Waals surface area contributed by atoms with Crippen molar-refractivity contribution in [2.75, 3.05) is 6.61 Å². The van der Waals surface area contributed by atoms with E-state index in [2.05, 4.69) is 13.8 Å². The van der Waals surface area contributed by atoms with E-state index in [1.54, 1.807) is 0 Å². The monoisotopic (exact) mass is 386 g/mol. The highest BCUT2D eigenvalue weighted by molar-refractivity contribution is 5.66. The lowest BCUT2D eigenvalue weighted by molar-refractivity contribution is -0.137. The molecule has 0 radical (unpaired) electrons. The van der Waals surface area contributed by atoms with E-state index in [0.29, 0.717) is 13.0 Å². The van der Waals surface area contributed by atoms with Crippen molar-refractivity contribution in [1.82, 2.24) is 0 Å². The molecule has 3 nitrogen and oxygen atoms in total. The third-order valence-corrected chi connectivity index (χ3v) is 5.01. The van der Waals surface area contributed by atoms with E-state index < -0.39 is 5.97 Å². The summed E-state index contributed by atoms with van der Waals surface area (Å²) >= 11 is 0. The van der Waals surface area contributed by atoms with Crippen LogP contribution in [0, 0.1) is 0 Å². The second-order valence-corrected chi connectivity index (χ2v) is 7.88. The molecule has 0 aliphatic carbocycles. The number of unbranched alkanes of at least 4 members (excludes halogenated alkanes) is 17. The van der Waals surface area contributed by atoms with E-state index >= 15 is 0 Å². The first-order chi connectivity index (χ1) is 13.2. The minimum atomic E-state index is -0.659. The Morgan fingerprint density at radius 3 is 1.11 bits per heavy atom. The van der Waals surface area contributed by atoms with E-state index in [0.717, 1.165) is 19.3 Å². The number of carboxylic acid groups (broad SMARTS) is 1. The molecule has 2 N–H and O–H groups in total. The van der Waals surface area contributed by atoms with Crippen molar-refractivity contribution < 1.29 is 15.0 Å². The number of aliphatic carboxylic acids is 1. The summed E-state index contributed by atoms with van der Waals surface area (Å²) in [6.45, 7) is 4.86. The maximum atomic E-state index is 10.2. The molecule has 0 rings (SSSR count). The zero-order valence-corrected chi connectivity index (χ0v) is 18.7. The highest BCUT2D eigenvalue weighted by Crippen LogP contribution is 2.11. The van der Waals surface area contributed by atoms with Crippen LogP contribution >= 0.6 is 0 Å². The Hall–Kier alpha value is -0.570. The van der Waals surface area contributed by atoms with Gasteiger partial charge in [-0.25, -0.2) is 0 Å². The van der Waals surface area contributed by atoms with Crippen LogP contribution in [-0.4, -0.2) is 22.8 Å².